The standard InChI is InChI=1S/C30H39N3O3/c1-30(2,3)36-29(35)32-16-13-22-11-12-24(17-26(22)19-32)28(34)33-20-25-10-6-5-9-23(25)18-27(33)21-31-14-7-4-8-15-31/h5-6,9-12,17,27H,4,7-8,13-16,18-21H2,1-3H3/t27-/m0/s1. The molecule has 1 fully saturated rings. The maximum absolute atomic E-state index is 14.0. The van der Waals surface area contributed by atoms with E-state index < -0.39 is 5.60 Å². The molecule has 0 aliphatic carbocycles. The van der Waals surface area contributed by atoms with E-state index >= 15 is 0 Å². The number of piperidine rings is 1. The van der Waals surface area contributed by atoms with Crippen molar-refractivity contribution in [2.24, 2.45) is 0 Å². The smallest absolute Gasteiger partial charge is 0.410 e. The van der Waals surface area contributed by atoms with Crippen molar-refractivity contribution in [3.63, 3.8) is 0 Å². The van der Waals surface area contributed by atoms with Crippen LogP contribution in [-0.2, 0) is 30.7 Å². The molecule has 192 valence electrons. The number of carbonyl (C=O) groups is 2. The van der Waals surface area contributed by atoms with Gasteiger partial charge in [-0.1, -0.05) is 36.8 Å². The molecule has 0 bridgehead atoms. The van der Waals surface area contributed by atoms with Crippen LogP contribution in [0.15, 0.2) is 42.5 Å². The highest BCUT2D eigenvalue weighted by Crippen LogP contribution is 2.28. The summed E-state index contributed by atoms with van der Waals surface area (Å²) in [5.41, 5.74) is 5.05. The van der Waals surface area contributed by atoms with E-state index in [0.29, 0.717) is 25.2 Å². The maximum atomic E-state index is 14.0. The Morgan fingerprint density at radius 2 is 1.64 bits per heavy atom. The summed E-state index contributed by atoms with van der Waals surface area (Å²) in [5.74, 6) is 0.0868. The predicted molar refractivity (Wildman–Crippen MR) is 141 cm³/mol. The zero-order valence-electron chi connectivity index (χ0n) is 22.0. The first-order chi connectivity index (χ1) is 17.3. The summed E-state index contributed by atoms with van der Waals surface area (Å²) in [7, 11) is 0. The van der Waals surface area contributed by atoms with E-state index in [0.717, 1.165) is 38.0 Å². The summed E-state index contributed by atoms with van der Waals surface area (Å²) in [4.78, 5) is 33.0. The Bertz CT molecular complexity index is 1120. The molecule has 0 spiro atoms. The van der Waals surface area contributed by atoms with Crippen molar-refractivity contribution in [2.45, 2.75) is 77.6 Å². The Hall–Kier alpha value is -2.86. The van der Waals surface area contributed by atoms with Crippen molar-refractivity contribution in [1.29, 1.82) is 0 Å². The first kappa shape index (κ1) is 24.8. The van der Waals surface area contributed by atoms with Gasteiger partial charge in [-0.05, 0) is 93.9 Å². The number of carbonyl (C=O) groups excluding carboxylic acids is 2. The summed E-state index contributed by atoms with van der Waals surface area (Å²) in [6.07, 6.45) is 5.18. The molecule has 0 N–H and O–H groups in total. The van der Waals surface area contributed by atoms with Crippen LogP contribution < -0.4 is 0 Å². The SMILES string of the molecule is CC(C)(C)OC(=O)N1CCc2ccc(C(=O)N3Cc4ccccc4C[C@H]3CN3CCCCC3)cc2C1. The fourth-order valence-electron chi connectivity index (χ4n) is 5.77. The first-order valence-electron chi connectivity index (χ1n) is 13.5. The quantitative estimate of drug-likeness (QED) is 0.607. The van der Waals surface area contributed by atoms with E-state index in [-0.39, 0.29) is 18.0 Å². The molecule has 0 unspecified atom stereocenters. The van der Waals surface area contributed by atoms with Crippen LogP contribution in [0.1, 0.15) is 72.6 Å². The molecule has 0 saturated carbocycles. The average Bonchev–Trinajstić information content (AvgIpc) is 2.87. The lowest BCUT2D eigenvalue weighted by Gasteiger charge is -2.40. The number of amides is 2. The van der Waals surface area contributed by atoms with Crippen LogP contribution in [0.3, 0.4) is 0 Å². The van der Waals surface area contributed by atoms with Crippen molar-refractivity contribution in [3.05, 3.63) is 70.3 Å². The van der Waals surface area contributed by atoms with Gasteiger partial charge in [0.05, 0.1) is 0 Å². The van der Waals surface area contributed by atoms with Crippen LogP contribution in [0.2, 0.25) is 0 Å². The summed E-state index contributed by atoms with van der Waals surface area (Å²) in [6.45, 7) is 10.6. The first-order valence-corrected chi connectivity index (χ1v) is 13.5. The molecule has 2 amide bonds. The average molecular weight is 490 g/mol. The van der Waals surface area contributed by atoms with E-state index in [4.69, 9.17) is 4.74 Å². The number of rotatable bonds is 3. The van der Waals surface area contributed by atoms with Crippen molar-refractivity contribution >= 4 is 12.0 Å². The Kier molecular flexibility index (Phi) is 7.07. The van der Waals surface area contributed by atoms with Crippen LogP contribution in [0.5, 0.6) is 0 Å². The van der Waals surface area contributed by atoms with E-state index in [9.17, 15) is 9.59 Å². The molecule has 2 aromatic rings. The van der Waals surface area contributed by atoms with Crippen LogP contribution >= 0.6 is 0 Å². The second-order valence-corrected chi connectivity index (χ2v) is 11.6. The van der Waals surface area contributed by atoms with Gasteiger partial charge in [0.15, 0.2) is 0 Å². The number of hydrogen-bond donors (Lipinski definition) is 0. The van der Waals surface area contributed by atoms with Gasteiger partial charge in [-0.3, -0.25) is 4.79 Å². The number of fused-ring (bicyclic) bond motifs is 2. The van der Waals surface area contributed by atoms with Gasteiger partial charge in [-0.15, -0.1) is 0 Å². The highest BCUT2D eigenvalue weighted by Gasteiger charge is 2.33. The van der Waals surface area contributed by atoms with Gasteiger partial charge in [0.1, 0.15) is 5.60 Å². The molecule has 1 atom stereocenters. The lowest BCUT2D eigenvalue weighted by atomic mass is 9.91. The second kappa shape index (κ2) is 10.3. The molecule has 3 heterocycles. The third-order valence-corrected chi connectivity index (χ3v) is 7.65. The normalized spacial score (nSPS) is 20.5. The lowest BCUT2D eigenvalue weighted by molar-refractivity contribution is 0.0224. The van der Waals surface area contributed by atoms with E-state index in [2.05, 4.69) is 40.1 Å². The molecular formula is C30H39N3O3. The van der Waals surface area contributed by atoms with Crippen molar-refractivity contribution in [1.82, 2.24) is 14.7 Å². The van der Waals surface area contributed by atoms with E-state index in [1.54, 1.807) is 4.90 Å². The van der Waals surface area contributed by atoms with Crippen LogP contribution in [0.25, 0.3) is 0 Å². The van der Waals surface area contributed by atoms with Crippen molar-refractivity contribution < 1.29 is 14.3 Å². The topological polar surface area (TPSA) is 53.1 Å². The highest BCUT2D eigenvalue weighted by molar-refractivity contribution is 5.95. The minimum Gasteiger partial charge on any atom is -0.444 e. The Labute approximate surface area is 215 Å². The molecule has 3 aliphatic heterocycles. The largest absolute Gasteiger partial charge is 0.444 e. The zero-order chi connectivity index (χ0) is 25.3. The summed E-state index contributed by atoms with van der Waals surface area (Å²) >= 11 is 0. The van der Waals surface area contributed by atoms with Gasteiger partial charge < -0.3 is 19.4 Å². The molecule has 36 heavy (non-hydrogen) atoms. The summed E-state index contributed by atoms with van der Waals surface area (Å²) in [6, 6.07) is 14.8. The van der Waals surface area contributed by atoms with Crippen LogP contribution in [0, 0.1) is 0 Å². The van der Waals surface area contributed by atoms with Crippen LogP contribution in [-0.4, -0.2) is 64.5 Å². The van der Waals surface area contributed by atoms with Gasteiger partial charge >= 0.3 is 6.09 Å². The Morgan fingerprint density at radius 1 is 0.889 bits per heavy atom. The Balaban J connectivity index is 1.36. The molecule has 6 heteroatoms. The fraction of sp³-hybridized carbons (Fsp3) is 0.533. The third-order valence-electron chi connectivity index (χ3n) is 7.65. The third kappa shape index (κ3) is 5.59. The summed E-state index contributed by atoms with van der Waals surface area (Å²) in [5, 5.41) is 0. The van der Waals surface area contributed by atoms with E-state index in [1.807, 2.05) is 32.9 Å². The van der Waals surface area contributed by atoms with Crippen molar-refractivity contribution in [3.8, 4) is 0 Å². The molecule has 2 aromatic carbocycles. The minimum atomic E-state index is -0.525. The number of ether oxygens (including phenoxy) is 1. The summed E-state index contributed by atoms with van der Waals surface area (Å²) < 4.78 is 5.59. The van der Waals surface area contributed by atoms with E-state index in [1.165, 1.54) is 36.0 Å². The monoisotopic (exact) mass is 489 g/mol. The van der Waals surface area contributed by atoms with Crippen LogP contribution in [0.4, 0.5) is 4.79 Å². The lowest BCUT2D eigenvalue weighted by Crippen LogP contribution is -2.51. The second-order valence-electron chi connectivity index (χ2n) is 11.6. The Morgan fingerprint density at radius 3 is 2.39 bits per heavy atom. The minimum absolute atomic E-state index is 0.0868. The number of likely N-dealkylation sites (tertiary alicyclic amines) is 1. The van der Waals surface area contributed by atoms with Gasteiger partial charge in [0.2, 0.25) is 0 Å². The van der Waals surface area contributed by atoms with Crippen molar-refractivity contribution in [2.75, 3.05) is 26.2 Å². The van der Waals surface area contributed by atoms with Gasteiger partial charge in [0.25, 0.3) is 5.91 Å². The molecular weight excluding hydrogens is 450 g/mol. The number of nitrogens with zero attached hydrogens (tertiary/aromatic N) is 3. The predicted octanol–water partition coefficient (Wildman–Crippen LogP) is 5.03. The fourth-order valence-corrected chi connectivity index (χ4v) is 5.77. The number of hydrogen-bond acceptors (Lipinski definition) is 4. The molecule has 1 saturated heterocycles. The van der Waals surface area contributed by atoms with Gasteiger partial charge in [-0.2, -0.15) is 0 Å². The van der Waals surface area contributed by atoms with Gasteiger partial charge in [-0.25, -0.2) is 4.79 Å². The zero-order valence-corrected chi connectivity index (χ0v) is 22.0. The van der Waals surface area contributed by atoms with Gasteiger partial charge in [0, 0.05) is 37.8 Å². The molecule has 3 aliphatic rings. The number of benzene rings is 2. The molecule has 0 aromatic heterocycles. The maximum Gasteiger partial charge on any atom is 0.410 e. The molecule has 0 radical (unpaired) electrons. The molecule has 5 rings (SSSR count). The molecule has 6 nitrogen and oxygen atoms in total. The highest BCUT2D eigenvalue weighted by atomic mass is 16.6.